The summed E-state index contributed by atoms with van der Waals surface area (Å²) in [6.45, 7) is 2.89. The van der Waals surface area contributed by atoms with Crippen LogP contribution in [0.1, 0.15) is 5.56 Å². The Morgan fingerprint density at radius 2 is 2.17 bits per heavy atom. The summed E-state index contributed by atoms with van der Waals surface area (Å²) in [7, 11) is 0. The van der Waals surface area contributed by atoms with E-state index in [2.05, 4.69) is 16.3 Å². The Hall–Kier alpha value is -2.84. The lowest BCUT2D eigenvalue weighted by Crippen LogP contribution is -2.36. The number of aromatic nitrogens is 1. The SMILES string of the molecule is O=C(Nc1ccc2c(c1)CCO2)O[C@H]1COCCN(c2nc3ccccc3s2)C1. The molecule has 5 rings (SSSR count). The zero-order valence-corrected chi connectivity index (χ0v) is 16.6. The fraction of sp³-hybridized carbons (Fsp3) is 0.333. The summed E-state index contributed by atoms with van der Waals surface area (Å²) >= 11 is 1.64. The molecule has 0 aliphatic carbocycles. The van der Waals surface area contributed by atoms with Gasteiger partial charge in [-0.2, -0.15) is 0 Å². The minimum atomic E-state index is -0.483. The summed E-state index contributed by atoms with van der Waals surface area (Å²) < 4.78 is 17.9. The van der Waals surface area contributed by atoms with E-state index in [0.29, 0.717) is 38.6 Å². The van der Waals surface area contributed by atoms with Gasteiger partial charge in [0.25, 0.3) is 0 Å². The van der Waals surface area contributed by atoms with Gasteiger partial charge in [0.15, 0.2) is 5.13 Å². The highest BCUT2D eigenvalue weighted by atomic mass is 32.1. The summed E-state index contributed by atoms with van der Waals surface area (Å²) in [5, 5.41) is 3.73. The van der Waals surface area contributed by atoms with Crippen LogP contribution in [0.15, 0.2) is 42.5 Å². The Labute approximate surface area is 172 Å². The second kappa shape index (κ2) is 7.88. The van der Waals surface area contributed by atoms with Gasteiger partial charge in [-0.15, -0.1) is 0 Å². The van der Waals surface area contributed by atoms with Crippen LogP contribution in [0, 0.1) is 0 Å². The molecular formula is C21H21N3O4S. The third-order valence-electron chi connectivity index (χ3n) is 5.00. The lowest BCUT2D eigenvalue weighted by molar-refractivity contribution is 0.0444. The average molecular weight is 411 g/mol. The monoisotopic (exact) mass is 411 g/mol. The van der Waals surface area contributed by atoms with E-state index in [-0.39, 0.29) is 6.10 Å². The van der Waals surface area contributed by atoms with E-state index in [1.54, 1.807) is 11.3 Å². The van der Waals surface area contributed by atoms with Crippen molar-refractivity contribution < 1.29 is 19.0 Å². The van der Waals surface area contributed by atoms with Crippen LogP contribution in [0.5, 0.6) is 5.75 Å². The van der Waals surface area contributed by atoms with Crippen LogP contribution in [-0.2, 0) is 15.9 Å². The average Bonchev–Trinajstić information content (AvgIpc) is 3.30. The number of hydrogen-bond acceptors (Lipinski definition) is 7. The van der Waals surface area contributed by atoms with Crippen LogP contribution in [-0.4, -0.2) is 50.1 Å². The van der Waals surface area contributed by atoms with Crippen LogP contribution in [0.2, 0.25) is 0 Å². The van der Waals surface area contributed by atoms with Gasteiger partial charge in [-0.3, -0.25) is 5.32 Å². The number of carbonyl (C=O) groups is 1. The summed E-state index contributed by atoms with van der Waals surface area (Å²) in [5.41, 5.74) is 2.79. The Morgan fingerprint density at radius 3 is 3.10 bits per heavy atom. The van der Waals surface area contributed by atoms with Crippen molar-refractivity contribution in [1.29, 1.82) is 0 Å². The molecule has 3 heterocycles. The molecule has 1 N–H and O–H groups in total. The molecule has 2 aromatic carbocycles. The van der Waals surface area contributed by atoms with Crippen molar-refractivity contribution in [3.8, 4) is 5.75 Å². The lowest BCUT2D eigenvalue weighted by Gasteiger charge is -2.23. The number of rotatable bonds is 3. The molecule has 1 amide bonds. The maximum Gasteiger partial charge on any atom is 0.412 e. The van der Waals surface area contributed by atoms with Gasteiger partial charge >= 0.3 is 6.09 Å². The number of benzene rings is 2. The van der Waals surface area contributed by atoms with Crippen molar-refractivity contribution in [3.63, 3.8) is 0 Å². The molecular weight excluding hydrogens is 390 g/mol. The number of para-hydroxylation sites is 1. The van der Waals surface area contributed by atoms with Gasteiger partial charge in [0.2, 0.25) is 0 Å². The standard InChI is InChI=1S/C21H21N3O4S/c25-21(22-15-5-6-18-14(11-15)7-9-27-18)28-16-12-24(8-10-26-13-16)20-23-17-3-1-2-4-19(17)29-20/h1-6,11,16H,7-10,12-13H2,(H,22,25)/t16-/m1/s1. The highest BCUT2D eigenvalue weighted by Crippen LogP contribution is 2.30. The zero-order chi connectivity index (χ0) is 19.6. The van der Waals surface area contributed by atoms with Gasteiger partial charge in [-0.1, -0.05) is 23.5 Å². The van der Waals surface area contributed by atoms with E-state index in [1.807, 2.05) is 36.4 Å². The molecule has 29 heavy (non-hydrogen) atoms. The molecule has 0 unspecified atom stereocenters. The van der Waals surface area contributed by atoms with Crippen molar-refractivity contribution in [1.82, 2.24) is 4.98 Å². The normalized spacial score (nSPS) is 18.8. The van der Waals surface area contributed by atoms with Crippen molar-refractivity contribution in [2.45, 2.75) is 12.5 Å². The van der Waals surface area contributed by atoms with Gasteiger partial charge in [0.05, 0.1) is 36.6 Å². The predicted molar refractivity (Wildman–Crippen MR) is 112 cm³/mol. The summed E-state index contributed by atoms with van der Waals surface area (Å²) in [6, 6.07) is 13.7. The number of thiazole rings is 1. The molecule has 7 nitrogen and oxygen atoms in total. The predicted octanol–water partition coefficient (Wildman–Crippen LogP) is 3.69. The first kappa shape index (κ1) is 18.2. The van der Waals surface area contributed by atoms with E-state index in [4.69, 9.17) is 19.2 Å². The molecule has 2 aliphatic heterocycles. The number of ether oxygens (including phenoxy) is 3. The Morgan fingerprint density at radius 1 is 1.24 bits per heavy atom. The molecule has 0 radical (unpaired) electrons. The third-order valence-corrected chi connectivity index (χ3v) is 6.09. The maximum atomic E-state index is 12.4. The minimum Gasteiger partial charge on any atom is -0.493 e. The van der Waals surface area contributed by atoms with E-state index in [9.17, 15) is 4.79 Å². The first-order valence-corrected chi connectivity index (χ1v) is 10.5. The van der Waals surface area contributed by atoms with Gasteiger partial charge in [-0.05, 0) is 35.9 Å². The third kappa shape index (κ3) is 3.99. The lowest BCUT2D eigenvalue weighted by atomic mass is 10.1. The fourth-order valence-corrected chi connectivity index (χ4v) is 4.58. The molecule has 150 valence electrons. The van der Waals surface area contributed by atoms with Crippen LogP contribution < -0.4 is 15.0 Å². The molecule has 1 aromatic heterocycles. The largest absolute Gasteiger partial charge is 0.493 e. The highest BCUT2D eigenvalue weighted by molar-refractivity contribution is 7.22. The molecule has 1 saturated heterocycles. The molecule has 2 aliphatic rings. The van der Waals surface area contributed by atoms with Gasteiger partial charge in [-0.25, -0.2) is 9.78 Å². The number of anilines is 2. The van der Waals surface area contributed by atoms with Crippen LogP contribution in [0.3, 0.4) is 0 Å². The van der Waals surface area contributed by atoms with E-state index in [0.717, 1.165) is 33.1 Å². The van der Waals surface area contributed by atoms with Crippen molar-refractivity contribution >= 4 is 38.5 Å². The van der Waals surface area contributed by atoms with Crippen molar-refractivity contribution in [2.24, 2.45) is 0 Å². The molecule has 0 spiro atoms. The Kier molecular flexibility index (Phi) is 4.95. The first-order chi connectivity index (χ1) is 14.2. The van der Waals surface area contributed by atoms with E-state index in [1.165, 1.54) is 0 Å². The number of hydrogen-bond donors (Lipinski definition) is 1. The van der Waals surface area contributed by atoms with E-state index >= 15 is 0 Å². The highest BCUT2D eigenvalue weighted by Gasteiger charge is 2.24. The first-order valence-electron chi connectivity index (χ1n) is 9.66. The second-order valence-corrected chi connectivity index (χ2v) is 8.07. The fourth-order valence-electron chi connectivity index (χ4n) is 3.58. The van der Waals surface area contributed by atoms with E-state index < -0.39 is 6.09 Å². The number of fused-ring (bicyclic) bond motifs is 2. The molecule has 1 fully saturated rings. The maximum absolute atomic E-state index is 12.4. The second-order valence-electron chi connectivity index (χ2n) is 7.06. The topological polar surface area (TPSA) is 72.9 Å². The van der Waals surface area contributed by atoms with Crippen LogP contribution >= 0.6 is 11.3 Å². The quantitative estimate of drug-likeness (QED) is 0.709. The Bertz CT molecular complexity index is 1000. The van der Waals surface area contributed by atoms with Gasteiger partial charge in [0.1, 0.15) is 11.9 Å². The number of carbonyl (C=O) groups excluding carboxylic acids is 1. The molecule has 3 aromatic rings. The van der Waals surface area contributed by atoms with Crippen LogP contribution in [0.4, 0.5) is 15.6 Å². The van der Waals surface area contributed by atoms with Gasteiger partial charge < -0.3 is 19.1 Å². The van der Waals surface area contributed by atoms with Gasteiger partial charge in [0, 0.05) is 18.7 Å². The molecule has 1 atom stereocenters. The summed E-state index contributed by atoms with van der Waals surface area (Å²) in [4.78, 5) is 19.3. The van der Waals surface area contributed by atoms with Crippen molar-refractivity contribution in [3.05, 3.63) is 48.0 Å². The van der Waals surface area contributed by atoms with Crippen LogP contribution in [0.25, 0.3) is 10.2 Å². The summed E-state index contributed by atoms with van der Waals surface area (Å²) in [6.07, 6.45) is -0.00100. The smallest absolute Gasteiger partial charge is 0.412 e. The Balaban J connectivity index is 1.24. The zero-order valence-electron chi connectivity index (χ0n) is 15.8. The summed E-state index contributed by atoms with van der Waals surface area (Å²) in [5.74, 6) is 0.882. The molecule has 0 saturated carbocycles. The number of amides is 1. The number of nitrogens with one attached hydrogen (secondary N) is 1. The minimum absolute atomic E-state index is 0.368. The molecule has 8 heteroatoms. The molecule has 0 bridgehead atoms. The number of nitrogens with zero attached hydrogens (tertiary/aromatic N) is 2. The van der Waals surface area contributed by atoms with Crippen molar-refractivity contribution in [2.75, 3.05) is 43.1 Å².